The molecule has 2 aromatic rings. The third kappa shape index (κ3) is 4.45. The fraction of sp³-hybridized carbons (Fsp3) is 0.250. The van der Waals surface area contributed by atoms with E-state index < -0.39 is 0 Å². The molecule has 3 nitrogen and oxygen atoms in total. The predicted octanol–water partition coefficient (Wildman–Crippen LogP) is 4.60. The smallest absolute Gasteiger partial charge is 0.156 e. The van der Waals surface area contributed by atoms with Crippen LogP contribution < -0.4 is 9.64 Å². The Kier molecular flexibility index (Phi) is 5.59. The van der Waals surface area contributed by atoms with Crippen LogP contribution in [0.25, 0.3) is 0 Å². The molecule has 0 atom stereocenters. The molecule has 0 spiro atoms. The van der Waals surface area contributed by atoms with Crippen molar-refractivity contribution in [3.05, 3.63) is 52.5 Å². The number of para-hydroxylation sites is 1. The highest BCUT2D eigenvalue weighted by atomic mass is 35.5. The molecule has 0 aliphatic heterocycles. The van der Waals surface area contributed by atoms with Crippen molar-refractivity contribution < 1.29 is 9.84 Å². The lowest BCUT2D eigenvalue weighted by Gasteiger charge is -2.19. The topological polar surface area (TPSA) is 32.7 Å². The number of halogens is 2. The van der Waals surface area contributed by atoms with Gasteiger partial charge in [0.1, 0.15) is 5.75 Å². The number of phenolic OH excluding ortho intramolecular Hbond substituents is 1. The Bertz CT molecular complexity index is 567. The highest BCUT2D eigenvalue weighted by Crippen LogP contribution is 2.36. The van der Waals surface area contributed by atoms with Crippen molar-refractivity contribution in [1.29, 1.82) is 0 Å². The first kappa shape index (κ1) is 15.8. The average molecular weight is 326 g/mol. The molecular formula is C16H17Cl2NO2. The zero-order valence-corrected chi connectivity index (χ0v) is 13.2. The standard InChI is InChI=1S/C16H17Cl2NO2/c1-19(12-6-3-2-4-7-12)8-5-9-21-16-14(17)10-13(20)11-15(16)18/h2-4,6-7,10-11,20H,5,8-9H2,1H3. The van der Waals surface area contributed by atoms with Gasteiger partial charge < -0.3 is 14.7 Å². The molecule has 0 radical (unpaired) electrons. The van der Waals surface area contributed by atoms with Crippen LogP contribution in [0.3, 0.4) is 0 Å². The van der Waals surface area contributed by atoms with Crippen LogP contribution in [0.4, 0.5) is 5.69 Å². The minimum absolute atomic E-state index is 0.0289. The lowest BCUT2D eigenvalue weighted by molar-refractivity contribution is 0.312. The Morgan fingerprint density at radius 3 is 2.33 bits per heavy atom. The van der Waals surface area contributed by atoms with Crippen molar-refractivity contribution in [2.75, 3.05) is 25.1 Å². The predicted molar refractivity (Wildman–Crippen MR) is 88.0 cm³/mol. The van der Waals surface area contributed by atoms with Gasteiger partial charge in [0.15, 0.2) is 5.75 Å². The van der Waals surface area contributed by atoms with Crippen LogP contribution in [0.1, 0.15) is 6.42 Å². The van der Waals surface area contributed by atoms with E-state index in [0.29, 0.717) is 22.4 Å². The largest absolute Gasteiger partial charge is 0.508 e. The van der Waals surface area contributed by atoms with Crippen LogP contribution in [0.15, 0.2) is 42.5 Å². The van der Waals surface area contributed by atoms with Gasteiger partial charge in [0.25, 0.3) is 0 Å². The fourth-order valence-electron chi connectivity index (χ4n) is 1.97. The number of rotatable bonds is 6. The van der Waals surface area contributed by atoms with E-state index in [1.165, 1.54) is 12.1 Å². The molecule has 0 aliphatic rings. The molecular weight excluding hydrogens is 309 g/mol. The number of nitrogens with zero attached hydrogens (tertiary/aromatic N) is 1. The Labute approximate surface area is 134 Å². The summed E-state index contributed by atoms with van der Waals surface area (Å²) in [4.78, 5) is 2.16. The van der Waals surface area contributed by atoms with Crippen molar-refractivity contribution in [2.24, 2.45) is 0 Å². The molecule has 0 aliphatic carbocycles. The summed E-state index contributed by atoms with van der Waals surface area (Å²) in [5.41, 5.74) is 1.16. The lowest BCUT2D eigenvalue weighted by atomic mass is 10.3. The number of benzene rings is 2. The molecule has 0 saturated heterocycles. The van der Waals surface area contributed by atoms with E-state index in [9.17, 15) is 5.11 Å². The monoisotopic (exact) mass is 325 g/mol. The van der Waals surface area contributed by atoms with Gasteiger partial charge in [-0.15, -0.1) is 0 Å². The van der Waals surface area contributed by atoms with Crippen LogP contribution in [0.5, 0.6) is 11.5 Å². The molecule has 0 aromatic heterocycles. The van der Waals surface area contributed by atoms with Crippen LogP contribution in [0, 0.1) is 0 Å². The van der Waals surface area contributed by atoms with E-state index in [-0.39, 0.29) is 5.75 Å². The van der Waals surface area contributed by atoms with Crippen LogP contribution in [0.2, 0.25) is 10.0 Å². The summed E-state index contributed by atoms with van der Waals surface area (Å²) in [6.45, 7) is 1.36. The molecule has 0 saturated carbocycles. The first-order valence-corrected chi connectivity index (χ1v) is 7.40. The molecule has 2 aromatic carbocycles. The summed E-state index contributed by atoms with van der Waals surface area (Å²) in [5.74, 6) is 0.444. The number of hydrogen-bond acceptors (Lipinski definition) is 3. The molecule has 112 valence electrons. The van der Waals surface area contributed by atoms with Gasteiger partial charge in [-0.25, -0.2) is 0 Å². The lowest BCUT2D eigenvalue weighted by Crippen LogP contribution is -2.20. The van der Waals surface area contributed by atoms with Crippen LogP contribution in [-0.4, -0.2) is 25.3 Å². The minimum atomic E-state index is 0.0289. The molecule has 0 amide bonds. The fourth-order valence-corrected chi connectivity index (χ4v) is 2.56. The quantitative estimate of drug-likeness (QED) is 0.787. The van der Waals surface area contributed by atoms with E-state index in [0.717, 1.165) is 18.7 Å². The molecule has 2 rings (SSSR count). The zero-order valence-electron chi connectivity index (χ0n) is 11.7. The third-order valence-corrected chi connectivity index (χ3v) is 3.63. The number of ether oxygens (including phenoxy) is 1. The van der Waals surface area contributed by atoms with E-state index in [2.05, 4.69) is 17.0 Å². The Morgan fingerprint density at radius 1 is 1.10 bits per heavy atom. The van der Waals surface area contributed by atoms with Gasteiger partial charge in [-0.05, 0) is 18.6 Å². The van der Waals surface area contributed by atoms with Crippen molar-refractivity contribution in [1.82, 2.24) is 0 Å². The second-order valence-corrected chi connectivity index (χ2v) is 5.51. The molecule has 5 heteroatoms. The number of anilines is 1. The van der Waals surface area contributed by atoms with E-state index in [1.807, 2.05) is 25.2 Å². The number of aromatic hydroxyl groups is 1. The summed E-state index contributed by atoms with van der Waals surface area (Å²) in [6.07, 6.45) is 0.832. The van der Waals surface area contributed by atoms with Crippen molar-refractivity contribution in [3.63, 3.8) is 0 Å². The van der Waals surface area contributed by atoms with Crippen LogP contribution >= 0.6 is 23.2 Å². The normalized spacial score (nSPS) is 10.4. The average Bonchev–Trinajstić information content (AvgIpc) is 2.46. The Morgan fingerprint density at radius 2 is 1.71 bits per heavy atom. The summed E-state index contributed by atoms with van der Waals surface area (Å²) in [5, 5.41) is 9.99. The van der Waals surface area contributed by atoms with E-state index >= 15 is 0 Å². The van der Waals surface area contributed by atoms with E-state index in [4.69, 9.17) is 27.9 Å². The molecule has 1 N–H and O–H groups in total. The molecule has 0 heterocycles. The third-order valence-electron chi connectivity index (χ3n) is 3.06. The Hall–Kier alpha value is -1.58. The van der Waals surface area contributed by atoms with Gasteiger partial charge in [0.05, 0.1) is 16.7 Å². The highest BCUT2D eigenvalue weighted by molar-refractivity contribution is 6.37. The van der Waals surface area contributed by atoms with Crippen molar-refractivity contribution in [2.45, 2.75) is 6.42 Å². The van der Waals surface area contributed by atoms with Crippen molar-refractivity contribution >= 4 is 28.9 Å². The zero-order chi connectivity index (χ0) is 15.2. The maximum absolute atomic E-state index is 9.36. The second kappa shape index (κ2) is 7.43. The first-order valence-electron chi connectivity index (χ1n) is 6.65. The maximum Gasteiger partial charge on any atom is 0.156 e. The SMILES string of the molecule is CN(CCCOc1c(Cl)cc(O)cc1Cl)c1ccccc1. The molecule has 0 bridgehead atoms. The highest BCUT2D eigenvalue weighted by Gasteiger charge is 2.09. The van der Waals surface area contributed by atoms with Gasteiger partial charge in [-0.2, -0.15) is 0 Å². The molecule has 0 fully saturated rings. The number of phenols is 1. The summed E-state index contributed by atoms with van der Waals surface area (Å²) in [7, 11) is 2.04. The van der Waals surface area contributed by atoms with E-state index in [1.54, 1.807) is 0 Å². The van der Waals surface area contributed by atoms with Gasteiger partial charge in [0.2, 0.25) is 0 Å². The van der Waals surface area contributed by atoms with Crippen LogP contribution in [-0.2, 0) is 0 Å². The van der Waals surface area contributed by atoms with Gasteiger partial charge in [-0.3, -0.25) is 0 Å². The maximum atomic E-state index is 9.36. The Balaban J connectivity index is 1.83. The second-order valence-electron chi connectivity index (χ2n) is 4.70. The van der Waals surface area contributed by atoms with Gasteiger partial charge >= 0.3 is 0 Å². The number of hydrogen-bond donors (Lipinski definition) is 1. The van der Waals surface area contributed by atoms with Crippen molar-refractivity contribution in [3.8, 4) is 11.5 Å². The summed E-state index contributed by atoms with van der Waals surface area (Å²) < 4.78 is 5.61. The minimum Gasteiger partial charge on any atom is -0.508 e. The summed E-state index contributed by atoms with van der Waals surface area (Å²) in [6, 6.07) is 13.0. The van der Waals surface area contributed by atoms with Gasteiger partial charge in [-0.1, -0.05) is 41.4 Å². The van der Waals surface area contributed by atoms with Gasteiger partial charge in [0, 0.05) is 31.4 Å². The summed E-state index contributed by atoms with van der Waals surface area (Å²) >= 11 is 12.0. The molecule has 0 unspecified atom stereocenters. The first-order chi connectivity index (χ1) is 10.1. The molecule has 21 heavy (non-hydrogen) atoms.